The molecule has 2 amide bonds. The molecule has 2 aromatic carbocycles. The van der Waals surface area contributed by atoms with Crippen molar-refractivity contribution in [1.82, 2.24) is 15.0 Å². The number of rotatable bonds is 8. The fourth-order valence-corrected chi connectivity index (χ4v) is 2.84. The van der Waals surface area contributed by atoms with Gasteiger partial charge in [0.1, 0.15) is 12.3 Å². The molecule has 30 heavy (non-hydrogen) atoms. The van der Waals surface area contributed by atoms with Gasteiger partial charge in [0.2, 0.25) is 11.7 Å². The van der Waals surface area contributed by atoms with E-state index in [-0.39, 0.29) is 12.6 Å². The lowest BCUT2D eigenvalue weighted by molar-refractivity contribution is 0.203. The highest BCUT2D eigenvalue weighted by molar-refractivity contribution is 5.90. The molecule has 9 heteroatoms. The van der Waals surface area contributed by atoms with Gasteiger partial charge in [-0.25, -0.2) is 4.79 Å². The highest BCUT2D eigenvalue weighted by Crippen LogP contribution is 2.31. The molecule has 0 aliphatic rings. The van der Waals surface area contributed by atoms with Crippen molar-refractivity contribution in [2.45, 2.75) is 13.5 Å². The van der Waals surface area contributed by atoms with Crippen molar-refractivity contribution in [2.24, 2.45) is 0 Å². The predicted octanol–water partition coefficient (Wildman–Crippen LogP) is 3.82. The van der Waals surface area contributed by atoms with Crippen molar-refractivity contribution >= 4 is 11.7 Å². The molecule has 3 aromatic rings. The second-order valence-corrected chi connectivity index (χ2v) is 6.23. The Morgan fingerprint density at radius 2 is 1.77 bits per heavy atom. The Morgan fingerprint density at radius 1 is 1.03 bits per heavy atom. The Morgan fingerprint density at radius 3 is 2.47 bits per heavy atom. The van der Waals surface area contributed by atoms with Crippen LogP contribution >= 0.6 is 0 Å². The summed E-state index contributed by atoms with van der Waals surface area (Å²) in [7, 11) is 4.68. The molecule has 0 spiro atoms. The molecule has 0 saturated heterocycles. The Bertz CT molecular complexity index is 1000. The lowest BCUT2D eigenvalue weighted by atomic mass is 10.2. The first kappa shape index (κ1) is 21.0. The monoisotopic (exact) mass is 412 g/mol. The minimum atomic E-state index is -0.298. The Hall–Kier alpha value is -3.75. The van der Waals surface area contributed by atoms with Gasteiger partial charge in [0.15, 0.2) is 11.5 Å². The molecule has 0 bridgehead atoms. The van der Waals surface area contributed by atoms with Gasteiger partial charge in [-0.15, -0.1) is 0 Å². The Kier molecular flexibility index (Phi) is 6.74. The molecular weight excluding hydrogens is 388 g/mol. The van der Waals surface area contributed by atoms with Crippen LogP contribution in [0.1, 0.15) is 12.8 Å². The highest BCUT2D eigenvalue weighted by Gasteiger charge is 2.18. The summed E-state index contributed by atoms with van der Waals surface area (Å²) in [6.45, 7) is 2.49. The maximum Gasteiger partial charge on any atom is 0.322 e. The molecule has 9 nitrogen and oxygen atoms in total. The van der Waals surface area contributed by atoms with Crippen molar-refractivity contribution in [3.63, 3.8) is 0 Å². The molecule has 0 unspecified atom stereocenters. The lowest BCUT2D eigenvalue weighted by Crippen LogP contribution is -2.34. The van der Waals surface area contributed by atoms with Crippen molar-refractivity contribution in [3.05, 3.63) is 48.4 Å². The summed E-state index contributed by atoms with van der Waals surface area (Å²) in [5.41, 5.74) is 1.30. The second-order valence-electron chi connectivity index (χ2n) is 6.23. The van der Waals surface area contributed by atoms with E-state index in [1.54, 1.807) is 50.5 Å². The summed E-state index contributed by atoms with van der Waals surface area (Å²) in [5, 5.41) is 6.86. The zero-order valence-corrected chi connectivity index (χ0v) is 17.3. The van der Waals surface area contributed by atoms with Gasteiger partial charge in [0.05, 0.1) is 27.0 Å². The second kappa shape index (κ2) is 9.64. The van der Waals surface area contributed by atoms with Gasteiger partial charge < -0.3 is 29.0 Å². The zero-order chi connectivity index (χ0) is 21.5. The van der Waals surface area contributed by atoms with Gasteiger partial charge in [-0.1, -0.05) is 17.3 Å². The van der Waals surface area contributed by atoms with Crippen LogP contribution in [0.25, 0.3) is 11.4 Å². The lowest BCUT2D eigenvalue weighted by Gasteiger charge is -2.20. The summed E-state index contributed by atoms with van der Waals surface area (Å²) in [4.78, 5) is 18.6. The SMILES string of the molecule is CCN(Cc1nc(-c2ccc(OC)c(OC)c2)no1)C(=O)Nc1ccccc1OC. The highest BCUT2D eigenvalue weighted by atomic mass is 16.5. The number of para-hydroxylation sites is 2. The van der Waals surface area contributed by atoms with Crippen molar-refractivity contribution < 1.29 is 23.5 Å². The van der Waals surface area contributed by atoms with E-state index in [0.29, 0.717) is 46.8 Å². The number of amides is 2. The van der Waals surface area contributed by atoms with Gasteiger partial charge in [-0.05, 0) is 37.3 Å². The molecular formula is C21H24N4O5. The number of anilines is 1. The number of urea groups is 1. The largest absolute Gasteiger partial charge is 0.495 e. The van der Waals surface area contributed by atoms with E-state index in [2.05, 4.69) is 15.5 Å². The number of hydrogen-bond acceptors (Lipinski definition) is 7. The fraction of sp³-hybridized carbons (Fsp3) is 0.286. The number of benzene rings is 2. The minimum Gasteiger partial charge on any atom is -0.495 e. The average molecular weight is 412 g/mol. The van der Waals surface area contributed by atoms with E-state index >= 15 is 0 Å². The normalized spacial score (nSPS) is 10.4. The van der Waals surface area contributed by atoms with Crippen LogP contribution in [0.3, 0.4) is 0 Å². The Balaban J connectivity index is 1.73. The van der Waals surface area contributed by atoms with E-state index < -0.39 is 0 Å². The van der Waals surface area contributed by atoms with Gasteiger partial charge in [0, 0.05) is 12.1 Å². The fourth-order valence-electron chi connectivity index (χ4n) is 2.84. The quantitative estimate of drug-likeness (QED) is 0.600. The van der Waals surface area contributed by atoms with E-state index in [9.17, 15) is 4.79 Å². The summed E-state index contributed by atoms with van der Waals surface area (Å²) in [6.07, 6.45) is 0. The van der Waals surface area contributed by atoms with Gasteiger partial charge in [0.25, 0.3) is 0 Å². The number of ether oxygens (including phenoxy) is 3. The number of carbonyl (C=O) groups is 1. The van der Waals surface area contributed by atoms with Gasteiger partial charge in [-0.3, -0.25) is 0 Å². The van der Waals surface area contributed by atoms with Gasteiger partial charge in [-0.2, -0.15) is 4.98 Å². The van der Waals surface area contributed by atoms with Crippen LogP contribution in [0.15, 0.2) is 47.0 Å². The molecule has 0 fully saturated rings. The molecule has 3 rings (SSSR count). The maximum absolute atomic E-state index is 12.7. The molecule has 1 aromatic heterocycles. The maximum atomic E-state index is 12.7. The van der Waals surface area contributed by atoms with E-state index in [1.165, 1.54) is 0 Å². The van der Waals surface area contributed by atoms with Crippen LogP contribution in [0, 0.1) is 0 Å². The van der Waals surface area contributed by atoms with Crippen LogP contribution in [0.4, 0.5) is 10.5 Å². The van der Waals surface area contributed by atoms with Crippen LogP contribution in [-0.4, -0.2) is 48.9 Å². The van der Waals surface area contributed by atoms with Crippen molar-refractivity contribution in [3.8, 4) is 28.6 Å². The summed E-state index contributed by atoms with van der Waals surface area (Å²) < 4.78 is 21.2. The third-order valence-corrected chi connectivity index (χ3v) is 4.45. The minimum absolute atomic E-state index is 0.164. The first-order chi connectivity index (χ1) is 14.6. The third kappa shape index (κ3) is 4.62. The first-order valence-electron chi connectivity index (χ1n) is 9.33. The molecule has 1 N–H and O–H groups in total. The van der Waals surface area contributed by atoms with Crippen LogP contribution < -0.4 is 19.5 Å². The van der Waals surface area contributed by atoms with Gasteiger partial charge >= 0.3 is 6.03 Å². The standard InChI is InChI=1S/C21H24N4O5/c1-5-25(21(26)22-15-8-6-7-9-16(15)27-2)13-19-23-20(24-30-19)14-10-11-17(28-3)18(12-14)29-4/h6-12H,5,13H2,1-4H3,(H,22,26). The molecule has 158 valence electrons. The Labute approximate surface area is 174 Å². The van der Waals surface area contributed by atoms with Crippen molar-refractivity contribution in [1.29, 1.82) is 0 Å². The van der Waals surface area contributed by atoms with Crippen LogP contribution in [0.2, 0.25) is 0 Å². The number of methoxy groups -OCH3 is 3. The van der Waals surface area contributed by atoms with E-state index in [1.807, 2.05) is 25.1 Å². The molecule has 1 heterocycles. The number of aromatic nitrogens is 2. The third-order valence-electron chi connectivity index (χ3n) is 4.45. The number of hydrogen-bond donors (Lipinski definition) is 1. The number of nitrogens with one attached hydrogen (secondary N) is 1. The molecule has 0 aliphatic carbocycles. The van der Waals surface area contributed by atoms with Crippen LogP contribution in [-0.2, 0) is 6.54 Å². The molecule has 0 aliphatic heterocycles. The topological polar surface area (TPSA) is 99.0 Å². The van der Waals surface area contributed by atoms with Crippen LogP contribution in [0.5, 0.6) is 17.2 Å². The summed E-state index contributed by atoms with van der Waals surface area (Å²) in [6, 6.07) is 12.2. The molecule has 0 saturated carbocycles. The van der Waals surface area contributed by atoms with E-state index in [0.717, 1.165) is 0 Å². The summed E-state index contributed by atoms with van der Waals surface area (Å²) >= 11 is 0. The predicted molar refractivity (Wildman–Crippen MR) is 111 cm³/mol. The number of nitrogens with zero attached hydrogens (tertiary/aromatic N) is 3. The number of carbonyl (C=O) groups excluding carboxylic acids is 1. The average Bonchev–Trinajstić information content (AvgIpc) is 3.25. The van der Waals surface area contributed by atoms with Crippen molar-refractivity contribution in [2.75, 3.05) is 33.2 Å². The zero-order valence-electron chi connectivity index (χ0n) is 17.3. The molecule has 0 atom stereocenters. The smallest absolute Gasteiger partial charge is 0.322 e. The first-order valence-corrected chi connectivity index (χ1v) is 9.33. The van der Waals surface area contributed by atoms with E-state index in [4.69, 9.17) is 18.7 Å². The summed E-state index contributed by atoms with van der Waals surface area (Å²) in [5.74, 6) is 2.46. The molecule has 0 radical (unpaired) electrons.